The molecule has 0 saturated carbocycles. The molecule has 0 aliphatic heterocycles. The van der Waals surface area contributed by atoms with Crippen LogP contribution in [0.5, 0.6) is 0 Å². The van der Waals surface area contributed by atoms with Crippen molar-refractivity contribution in [2.75, 3.05) is 11.9 Å². The van der Waals surface area contributed by atoms with Gasteiger partial charge in [-0.05, 0) is 47.0 Å². The van der Waals surface area contributed by atoms with Crippen LogP contribution in [0, 0.1) is 17.6 Å². The second kappa shape index (κ2) is 9.98. The minimum atomic E-state index is -0.680. The van der Waals surface area contributed by atoms with Crippen LogP contribution in [0.2, 0.25) is 0 Å². The van der Waals surface area contributed by atoms with E-state index >= 15 is 0 Å². The van der Waals surface area contributed by atoms with Crippen LogP contribution in [0.1, 0.15) is 29.8 Å². The fourth-order valence-electron chi connectivity index (χ4n) is 3.03. The van der Waals surface area contributed by atoms with Crippen LogP contribution in [0.3, 0.4) is 0 Å². The maximum Gasteiger partial charge on any atom is 0.308 e. The Morgan fingerprint density at radius 2 is 1.68 bits per heavy atom. The van der Waals surface area contributed by atoms with E-state index in [1.54, 1.807) is 50.2 Å². The van der Waals surface area contributed by atoms with Gasteiger partial charge in [0.25, 0.3) is 5.91 Å². The third-order valence-electron chi connectivity index (χ3n) is 4.72. The summed E-state index contributed by atoms with van der Waals surface area (Å²) in [5.41, 5.74) is 2.18. The van der Waals surface area contributed by atoms with E-state index in [-0.39, 0.29) is 24.1 Å². The Bertz CT molecular complexity index is 1100. The quantitative estimate of drug-likeness (QED) is 0.502. The zero-order chi connectivity index (χ0) is 22.4. The standard InChI is InChI=1S/C25H23F2NO3/c1-16(2)25(30)31-13-12-17-6-3-4-9-23(17)28-24(29)21-15-19(10-11-22(21)27)18-7-5-8-20(26)14-18/h3-11,14-16H,12-13H2,1-2H3,(H,28,29). The summed E-state index contributed by atoms with van der Waals surface area (Å²) in [6, 6.07) is 17.0. The predicted octanol–water partition coefficient (Wildman–Crippen LogP) is 5.63. The highest BCUT2D eigenvalue weighted by molar-refractivity contribution is 6.05. The van der Waals surface area contributed by atoms with E-state index < -0.39 is 17.5 Å². The summed E-state index contributed by atoms with van der Waals surface area (Å²) in [5, 5.41) is 2.73. The smallest absolute Gasteiger partial charge is 0.308 e. The Kier molecular flexibility index (Phi) is 7.13. The first-order valence-corrected chi connectivity index (χ1v) is 9.96. The molecule has 0 unspecified atom stereocenters. The normalized spacial score (nSPS) is 10.7. The van der Waals surface area contributed by atoms with Crippen molar-refractivity contribution in [3.63, 3.8) is 0 Å². The lowest BCUT2D eigenvalue weighted by Crippen LogP contribution is -2.17. The third kappa shape index (κ3) is 5.75. The maximum atomic E-state index is 14.4. The molecule has 0 atom stereocenters. The topological polar surface area (TPSA) is 55.4 Å². The molecular formula is C25H23F2NO3. The van der Waals surface area contributed by atoms with Gasteiger partial charge in [-0.25, -0.2) is 8.78 Å². The highest BCUT2D eigenvalue weighted by Gasteiger charge is 2.16. The number of carbonyl (C=O) groups excluding carboxylic acids is 2. The number of nitrogens with one attached hydrogen (secondary N) is 1. The fraction of sp³-hybridized carbons (Fsp3) is 0.200. The van der Waals surface area contributed by atoms with Crippen molar-refractivity contribution in [3.8, 4) is 11.1 Å². The lowest BCUT2D eigenvalue weighted by molar-refractivity contribution is -0.147. The number of anilines is 1. The zero-order valence-corrected chi connectivity index (χ0v) is 17.3. The van der Waals surface area contributed by atoms with Gasteiger partial charge in [-0.3, -0.25) is 9.59 Å². The van der Waals surface area contributed by atoms with Crippen molar-refractivity contribution < 1.29 is 23.1 Å². The SMILES string of the molecule is CC(C)C(=O)OCCc1ccccc1NC(=O)c1cc(-c2cccc(F)c2)ccc1F. The largest absolute Gasteiger partial charge is 0.465 e. The van der Waals surface area contributed by atoms with Gasteiger partial charge in [0.1, 0.15) is 11.6 Å². The summed E-state index contributed by atoms with van der Waals surface area (Å²) >= 11 is 0. The minimum absolute atomic E-state index is 0.150. The summed E-state index contributed by atoms with van der Waals surface area (Å²) in [6.07, 6.45) is 0.403. The van der Waals surface area contributed by atoms with E-state index in [1.165, 1.54) is 30.3 Å². The van der Waals surface area contributed by atoms with Crippen molar-refractivity contribution in [3.05, 3.63) is 89.5 Å². The predicted molar refractivity (Wildman–Crippen MR) is 116 cm³/mol. The number of hydrogen-bond donors (Lipinski definition) is 1. The van der Waals surface area contributed by atoms with Crippen molar-refractivity contribution in [1.82, 2.24) is 0 Å². The average molecular weight is 423 g/mol. The van der Waals surface area contributed by atoms with Gasteiger partial charge in [0.2, 0.25) is 0 Å². The second-order valence-corrected chi connectivity index (χ2v) is 7.39. The second-order valence-electron chi connectivity index (χ2n) is 7.39. The van der Waals surface area contributed by atoms with Gasteiger partial charge < -0.3 is 10.1 Å². The van der Waals surface area contributed by atoms with Crippen LogP contribution < -0.4 is 5.32 Å². The van der Waals surface area contributed by atoms with Gasteiger partial charge in [-0.15, -0.1) is 0 Å². The molecule has 0 aromatic heterocycles. The van der Waals surface area contributed by atoms with E-state index in [2.05, 4.69) is 5.32 Å². The number of rotatable bonds is 7. The Balaban J connectivity index is 1.78. The van der Waals surface area contributed by atoms with Crippen molar-refractivity contribution in [2.24, 2.45) is 5.92 Å². The number of hydrogen-bond acceptors (Lipinski definition) is 3. The van der Waals surface area contributed by atoms with Crippen molar-refractivity contribution >= 4 is 17.6 Å². The number of esters is 1. The molecule has 0 spiro atoms. The molecule has 0 aliphatic carbocycles. The van der Waals surface area contributed by atoms with Crippen LogP contribution in [-0.4, -0.2) is 18.5 Å². The van der Waals surface area contributed by atoms with Crippen LogP contribution in [0.25, 0.3) is 11.1 Å². The molecule has 3 rings (SSSR count). The Morgan fingerprint density at radius 3 is 2.42 bits per heavy atom. The number of amides is 1. The third-order valence-corrected chi connectivity index (χ3v) is 4.72. The molecule has 3 aromatic rings. The van der Waals surface area contributed by atoms with Gasteiger partial charge in [0.15, 0.2) is 0 Å². The van der Waals surface area contributed by atoms with Crippen molar-refractivity contribution in [1.29, 1.82) is 0 Å². The number of para-hydroxylation sites is 1. The first-order valence-electron chi connectivity index (χ1n) is 9.96. The van der Waals surface area contributed by atoms with Gasteiger partial charge >= 0.3 is 5.97 Å². The minimum Gasteiger partial charge on any atom is -0.465 e. The summed E-state index contributed by atoms with van der Waals surface area (Å²) in [4.78, 5) is 24.4. The van der Waals surface area contributed by atoms with E-state index in [9.17, 15) is 18.4 Å². The molecule has 1 amide bonds. The molecule has 3 aromatic carbocycles. The van der Waals surface area contributed by atoms with Crippen LogP contribution >= 0.6 is 0 Å². The van der Waals surface area contributed by atoms with Gasteiger partial charge in [-0.1, -0.05) is 50.2 Å². The summed E-state index contributed by atoms with van der Waals surface area (Å²) in [5.74, 6) is -2.23. The monoisotopic (exact) mass is 423 g/mol. The molecule has 6 heteroatoms. The molecule has 0 aliphatic rings. The van der Waals surface area contributed by atoms with Crippen LogP contribution in [0.4, 0.5) is 14.5 Å². The molecule has 4 nitrogen and oxygen atoms in total. The number of benzene rings is 3. The molecule has 0 bridgehead atoms. The molecule has 0 saturated heterocycles. The lowest BCUT2D eigenvalue weighted by atomic mass is 10.0. The number of carbonyl (C=O) groups is 2. The number of halogens is 2. The highest BCUT2D eigenvalue weighted by atomic mass is 19.1. The first kappa shape index (κ1) is 22.2. The van der Waals surface area contributed by atoms with Gasteiger partial charge in [-0.2, -0.15) is 0 Å². The Morgan fingerprint density at radius 1 is 0.935 bits per heavy atom. The Labute approximate surface area is 179 Å². The van der Waals surface area contributed by atoms with Gasteiger partial charge in [0, 0.05) is 12.1 Å². The first-order chi connectivity index (χ1) is 14.8. The molecule has 160 valence electrons. The van der Waals surface area contributed by atoms with E-state index in [0.717, 1.165) is 5.56 Å². The Hall–Kier alpha value is -3.54. The van der Waals surface area contributed by atoms with Crippen molar-refractivity contribution in [2.45, 2.75) is 20.3 Å². The molecular weight excluding hydrogens is 400 g/mol. The molecule has 0 heterocycles. The van der Waals surface area contributed by atoms with E-state index in [4.69, 9.17) is 4.74 Å². The van der Waals surface area contributed by atoms with Crippen LogP contribution in [-0.2, 0) is 16.0 Å². The average Bonchev–Trinajstić information content (AvgIpc) is 2.75. The lowest BCUT2D eigenvalue weighted by Gasteiger charge is -2.13. The highest BCUT2D eigenvalue weighted by Crippen LogP contribution is 2.24. The molecule has 0 fully saturated rings. The molecule has 31 heavy (non-hydrogen) atoms. The van der Waals surface area contributed by atoms with Gasteiger partial charge in [0.05, 0.1) is 18.1 Å². The zero-order valence-electron chi connectivity index (χ0n) is 17.3. The number of ether oxygens (including phenoxy) is 1. The molecule has 0 radical (unpaired) electrons. The summed E-state index contributed by atoms with van der Waals surface area (Å²) in [6.45, 7) is 3.68. The fourth-order valence-corrected chi connectivity index (χ4v) is 3.03. The maximum absolute atomic E-state index is 14.4. The van der Waals surface area contributed by atoms with Crippen LogP contribution in [0.15, 0.2) is 66.7 Å². The summed E-state index contributed by atoms with van der Waals surface area (Å²) < 4.78 is 33.1. The summed E-state index contributed by atoms with van der Waals surface area (Å²) in [7, 11) is 0. The van der Waals surface area contributed by atoms with E-state index in [1.807, 2.05) is 0 Å². The van der Waals surface area contributed by atoms with E-state index in [0.29, 0.717) is 23.2 Å². The molecule has 1 N–H and O–H groups in total.